The Balaban J connectivity index is -0.00000220. The first-order valence-electron chi connectivity index (χ1n) is 6.67. The van der Waals surface area contributed by atoms with E-state index in [1.807, 2.05) is 0 Å². The quantitative estimate of drug-likeness (QED) is 0.0723. The first kappa shape index (κ1) is 30.0. The van der Waals surface area contributed by atoms with Gasteiger partial charge in [-0.25, -0.2) is 0 Å². The van der Waals surface area contributed by atoms with E-state index in [0.29, 0.717) is 25.7 Å². The molecule has 24 heavy (non-hydrogen) atoms. The third-order valence-corrected chi connectivity index (χ3v) is 4.93. The van der Waals surface area contributed by atoms with Gasteiger partial charge in [-0.15, -0.1) is 0 Å². The second kappa shape index (κ2) is 15.3. The van der Waals surface area contributed by atoms with Crippen LogP contribution in [0, 0.1) is 0 Å². The van der Waals surface area contributed by atoms with Crippen molar-refractivity contribution in [2.75, 3.05) is 0 Å². The van der Waals surface area contributed by atoms with Gasteiger partial charge in [0.1, 0.15) is 0 Å². The summed E-state index contributed by atoms with van der Waals surface area (Å²) in [6.07, 6.45) is 3.85. The predicted molar refractivity (Wildman–Crippen MR) is 93.8 cm³/mol. The molecule has 0 amide bonds. The van der Waals surface area contributed by atoms with Gasteiger partial charge in [0.05, 0.1) is 0 Å². The Hall–Kier alpha value is 1.24. The summed E-state index contributed by atoms with van der Waals surface area (Å²) in [7, 11) is -8.97. The van der Waals surface area contributed by atoms with E-state index in [9.17, 15) is 9.13 Å². The van der Waals surface area contributed by atoms with Crippen LogP contribution < -0.4 is 0 Å². The van der Waals surface area contributed by atoms with Crippen LogP contribution in [0.25, 0.3) is 0 Å². The fourth-order valence-corrected chi connectivity index (χ4v) is 2.91. The van der Waals surface area contributed by atoms with Crippen LogP contribution in [0.15, 0.2) is 10.3 Å². The van der Waals surface area contributed by atoms with Crippen LogP contribution in [0.1, 0.15) is 51.4 Å². The Bertz CT molecular complexity index is 447. The molecule has 0 aliphatic carbocycles. The fourth-order valence-electron chi connectivity index (χ4n) is 1.78. The zero-order valence-electron chi connectivity index (χ0n) is 11.9. The summed E-state index contributed by atoms with van der Waals surface area (Å²) in [5.41, 5.74) is -1.06. The molecular formula is C10H24N2Na2O8P2. The Labute approximate surface area is 184 Å². The molecule has 6 N–H and O–H groups in total. The molecule has 0 unspecified atom stereocenters. The minimum atomic E-state index is -4.48. The average molecular weight is 408 g/mol. The number of hydrogen-bond donors (Lipinski definition) is 6. The molecule has 14 heteroatoms. The van der Waals surface area contributed by atoms with E-state index in [4.69, 9.17) is 30.0 Å². The molecule has 0 spiro atoms. The van der Waals surface area contributed by atoms with Crippen molar-refractivity contribution in [3.63, 3.8) is 0 Å². The number of unbranched alkanes of at least 4 members (excludes halogenated alkanes) is 5. The molecule has 0 fully saturated rings. The summed E-state index contributed by atoms with van der Waals surface area (Å²) >= 11 is 0. The van der Waals surface area contributed by atoms with Gasteiger partial charge in [0, 0.05) is 12.8 Å². The number of nitrogens with zero attached hydrogens (tertiary/aromatic N) is 2. The SMILES string of the molecule is O=P(O)(O)/C(CCCCCCCC/C(=N/O)P(=O)(O)O)=N\O.[NaH].[NaH]. The van der Waals surface area contributed by atoms with Gasteiger partial charge in [-0.05, 0) is 12.8 Å². The molecule has 0 saturated carbocycles. The van der Waals surface area contributed by atoms with Crippen molar-refractivity contribution in [1.29, 1.82) is 0 Å². The van der Waals surface area contributed by atoms with Crippen LogP contribution in [0.2, 0.25) is 0 Å². The Morgan fingerprint density at radius 1 is 0.625 bits per heavy atom. The second-order valence-corrected chi connectivity index (χ2v) is 7.95. The zero-order chi connectivity index (χ0) is 17.2. The van der Waals surface area contributed by atoms with Gasteiger partial charge >= 0.3 is 74.3 Å². The van der Waals surface area contributed by atoms with Gasteiger partial charge in [-0.2, -0.15) is 0 Å². The van der Waals surface area contributed by atoms with E-state index in [0.717, 1.165) is 12.8 Å². The second-order valence-electron chi connectivity index (χ2n) is 4.74. The van der Waals surface area contributed by atoms with E-state index in [1.165, 1.54) is 0 Å². The van der Waals surface area contributed by atoms with Crippen molar-refractivity contribution in [1.82, 2.24) is 0 Å². The summed E-state index contributed by atoms with van der Waals surface area (Å²) < 4.78 is 21.7. The van der Waals surface area contributed by atoms with Gasteiger partial charge in [0.25, 0.3) is 0 Å². The summed E-state index contributed by atoms with van der Waals surface area (Å²) in [5, 5.41) is 22.2. The summed E-state index contributed by atoms with van der Waals surface area (Å²) in [4.78, 5) is 35.3. The summed E-state index contributed by atoms with van der Waals surface area (Å²) in [6.45, 7) is 0. The third-order valence-electron chi connectivity index (χ3n) is 2.95. The number of rotatable bonds is 11. The van der Waals surface area contributed by atoms with Gasteiger partial charge in [0.2, 0.25) is 0 Å². The molecule has 10 nitrogen and oxygen atoms in total. The summed E-state index contributed by atoms with van der Waals surface area (Å²) in [5.74, 6) is 0. The molecule has 0 heterocycles. The normalized spacial score (nSPS) is 13.2. The topological polar surface area (TPSA) is 180 Å². The number of hydrogen-bond acceptors (Lipinski definition) is 6. The van der Waals surface area contributed by atoms with Crippen LogP contribution in [0.5, 0.6) is 0 Å². The molecule has 0 radical (unpaired) electrons. The standard InChI is InChI=1S/C10H22N2O8P2.2Na.2H/c13-11-9(21(15,16)17)7-5-3-1-2-4-6-8-10(12-14)22(18,19)20;;;;/h13-14H,1-8H2,(H2,15,16,17)(H2,18,19,20);;;;/b11-9-,12-10-;;;;. The van der Waals surface area contributed by atoms with Crippen molar-refractivity contribution in [2.24, 2.45) is 10.3 Å². The van der Waals surface area contributed by atoms with Gasteiger partial charge in [-0.1, -0.05) is 36.0 Å². The molecule has 0 aliphatic rings. The maximum absolute atomic E-state index is 10.8. The first-order valence-corrected chi connectivity index (χ1v) is 9.89. The van der Waals surface area contributed by atoms with Crippen LogP contribution in [0.3, 0.4) is 0 Å². The van der Waals surface area contributed by atoms with Crippen molar-refractivity contribution in [2.45, 2.75) is 51.4 Å². The predicted octanol–water partition coefficient (Wildman–Crippen LogP) is 0.741. The molecule has 0 aromatic carbocycles. The van der Waals surface area contributed by atoms with Crippen LogP contribution >= 0.6 is 15.2 Å². The summed E-state index contributed by atoms with van der Waals surface area (Å²) in [6, 6.07) is 0. The van der Waals surface area contributed by atoms with E-state index >= 15 is 0 Å². The van der Waals surface area contributed by atoms with Crippen molar-refractivity contribution in [3.05, 3.63) is 0 Å². The van der Waals surface area contributed by atoms with Gasteiger partial charge in [0.15, 0.2) is 10.9 Å². The molecule has 0 aromatic heterocycles. The van der Waals surface area contributed by atoms with Gasteiger partial charge < -0.3 is 30.0 Å². The zero-order valence-corrected chi connectivity index (χ0v) is 13.7. The molecule has 134 valence electrons. The average Bonchev–Trinajstić information content (AvgIpc) is 2.38. The molecular weight excluding hydrogens is 384 g/mol. The Morgan fingerprint density at radius 3 is 1.08 bits per heavy atom. The molecule has 0 aromatic rings. The van der Waals surface area contributed by atoms with Crippen LogP contribution in [0.4, 0.5) is 0 Å². The molecule has 0 bridgehead atoms. The van der Waals surface area contributed by atoms with Crippen LogP contribution in [-0.2, 0) is 9.13 Å². The molecule has 0 rings (SSSR count). The maximum atomic E-state index is 10.8. The van der Waals surface area contributed by atoms with E-state index in [1.54, 1.807) is 0 Å². The monoisotopic (exact) mass is 408 g/mol. The first-order chi connectivity index (χ1) is 10.1. The van der Waals surface area contributed by atoms with Crippen molar-refractivity contribution in [3.8, 4) is 0 Å². The van der Waals surface area contributed by atoms with Crippen molar-refractivity contribution < 1.29 is 39.1 Å². The fraction of sp³-hybridized carbons (Fsp3) is 0.800. The van der Waals surface area contributed by atoms with Gasteiger partial charge in [-0.3, -0.25) is 9.13 Å². The van der Waals surface area contributed by atoms with Crippen LogP contribution in [-0.4, -0.2) is 100 Å². The molecule has 0 saturated heterocycles. The number of oxime groups is 2. The van der Waals surface area contributed by atoms with Crippen molar-refractivity contribution >= 4 is 85.2 Å². The molecule has 0 atom stereocenters. The van der Waals surface area contributed by atoms with E-state index in [2.05, 4.69) is 10.3 Å². The van der Waals surface area contributed by atoms with E-state index in [-0.39, 0.29) is 72.0 Å². The Morgan fingerprint density at radius 2 is 0.875 bits per heavy atom. The third kappa shape index (κ3) is 14.4. The Kier molecular flexibility index (Phi) is 19.1. The van der Waals surface area contributed by atoms with E-state index < -0.39 is 26.1 Å². The molecule has 0 aliphatic heterocycles. The minimum absolute atomic E-state index is 0.